The molecule has 0 aliphatic rings. The molecule has 0 saturated carbocycles. The zero-order valence-corrected chi connectivity index (χ0v) is 12.2. The van der Waals surface area contributed by atoms with Crippen molar-refractivity contribution < 1.29 is 4.74 Å². The lowest BCUT2D eigenvalue weighted by atomic mass is 10.1. The van der Waals surface area contributed by atoms with E-state index < -0.39 is 0 Å². The molecule has 2 aromatic heterocycles. The maximum absolute atomic E-state index is 5.07. The van der Waals surface area contributed by atoms with Gasteiger partial charge in [-0.3, -0.25) is 4.98 Å². The maximum atomic E-state index is 5.07. The molecular weight excluding hydrogens is 276 g/mol. The van der Waals surface area contributed by atoms with Crippen LogP contribution in [0.15, 0.2) is 61.1 Å². The summed E-state index contributed by atoms with van der Waals surface area (Å²) in [6.45, 7) is 0.653. The Kier molecular flexibility index (Phi) is 4.25. The quantitative estimate of drug-likeness (QED) is 0.782. The Hall–Kier alpha value is -2.95. The van der Waals surface area contributed by atoms with Crippen molar-refractivity contribution in [3.8, 4) is 17.0 Å². The van der Waals surface area contributed by atoms with Crippen molar-refractivity contribution in [2.45, 2.75) is 6.54 Å². The summed E-state index contributed by atoms with van der Waals surface area (Å²) in [6.07, 6.45) is 5.30. The molecule has 5 heteroatoms. The number of hydrogen-bond acceptors (Lipinski definition) is 5. The predicted octanol–water partition coefficient (Wildman–Crippen LogP) is 3.16. The second kappa shape index (κ2) is 6.67. The third kappa shape index (κ3) is 3.38. The number of aromatic nitrogens is 3. The lowest BCUT2D eigenvalue weighted by Gasteiger charge is -2.07. The fourth-order valence-electron chi connectivity index (χ4n) is 2.07. The standard InChI is InChI=1S/C17H16N4O/c1-22-16-8-10-19-17(21-16)20-11-13-4-6-14(7-5-13)15-3-2-9-18-12-15/h2-10,12H,11H2,1H3,(H,19,20,21). The molecule has 0 aliphatic heterocycles. The first-order chi connectivity index (χ1) is 10.8. The molecule has 5 nitrogen and oxygen atoms in total. The van der Waals surface area contributed by atoms with Crippen LogP contribution in [0, 0.1) is 0 Å². The molecule has 1 N–H and O–H groups in total. The molecule has 3 rings (SSSR count). The van der Waals surface area contributed by atoms with Gasteiger partial charge in [0.15, 0.2) is 0 Å². The summed E-state index contributed by atoms with van der Waals surface area (Å²) in [4.78, 5) is 12.5. The van der Waals surface area contributed by atoms with Crippen molar-refractivity contribution >= 4 is 5.95 Å². The van der Waals surface area contributed by atoms with Crippen LogP contribution in [0.1, 0.15) is 5.56 Å². The van der Waals surface area contributed by atoms with E-state index in [1.165, 1.54) is 0 Å². The number of ether oxygens (including phenoxy) is 1. The molecular formula is C17H16N4O. The average molecular weight is 292 g/mol. The summed E-state index contributed by atoms with van der Waals surface area (Å²) >= 11 is 0. The van der Waals surface area contributed by atoms with Gasteiger partial charge in [0.25, 0.3) is 0 Å². The van der Waals surface area contributed by atoms with E-state index in [4.69, 9.17) is 4.74 Å². The van der Waals surface area contributed by atoms with Gasteiger partial charge in [0, 0.05) is 31.2 Å². The minimum absolute atomic E-state index is 0.546. The van der Waals surface area contributed by atoms with Gasteiger partial charge >= 0.3 is 0 Å². The third-order valence-corrected chi connectivity index (χ3v) is 3.24. The van der Waals surface area contributed by atoms with E-state index in [1.54, 1.807) is 25.6 Å². The molecule has 0 aliphatic carbocycles. The fraction of sp³-hybridized carbons (Fsp3) is 0.118. The van der Waals surface area contributed by atoms with Crippen molar-refractivity contribution in [2.24, 2.45) is 0 Å². The Bertz CT molecular complexity index is 729. The molecule has 0 bridgehead atoms. The lowest BCUT2D eigenvalue weighted by Crippen LogP contribution is -2.04. The highest BCUT2D eigenvalue weighted by Crippen LogP contribution is 2.18. The Morgan fingerprint density at radius 3 is 2.59 bits per heavy atom. The summed E-state index contributed by atoms with van der Waals surface area (Å²) in [6, 6.07) is 14.0. The molecule has 0 fully saturated rings. The van der Waals surface area contributed by atoms with Gasteiger partial charge in [-0.25, -0.2) is 4.98 Å². The Morgan fingerprint density at radius 2 is 1.86 bits per heavy atom. The van der Waals surface area contributed by atoms with E-state index in [0.29, 0.717) is 18.4 Å². The van der Waals surface area contributed by atoms with Gasteiger partial charge in [0.05, 0.1) is 7.11 Å². The van der Waals surface area contributed by atoms with Gasteiger partial charge in [-0.15, -0.1) is 0 Å². The van der Waals surface area contributed by atoms with Crippen LogP contribution in [0.4, 0.5) is 5.95 Å². The Labute approximate surface area is 129 Å². The van der Waals surface area contributed by atoms with Crippen LogP contribution >= 0.6 is 0 Å². The molecule has 22 heavy (non-hydrogen) atoms. The number of pyridine rings is 1. The van der Waals surface area contributed by atoms with Crippen LogP contribution in [0.2, 0.25) is 0 Å². The highest BCUT2D eigenvalue weighted by Gasteiger charge is 2.01. The minimum atomic E-state index is 0.546. The van der Waals surface area contributed by atoms with Crippen molar-refractivity contribution in [3.05, 3.63) is 66.6 Å². The van der Waals surface area contributed by atoms with E-state index >= 15 is 0 Å². The monoisotopic (exact) mass is 292 g/mol. The Balaban J connectivity index is 1.66. The molecule has 1 aromatic carbocycles. The summed E-state index contributed by atoms with van der Waals surface area (Å²) in [5, 5.41) is 3.18. The number of methoxy groups -OCH3 is 1. The van der Waals surface area contributed by atoms with Gasteiger partial charge in [-0.05, 0) is 22.8 Å². The fourth-order valence-corrected chi connectivity index (χ4v) is 2.07. The third-order valence-electron chi connectivity index (χ3n) is 3.24. The molecule has 3 aromatic rings. The van der Waals surface area contributed by atoms with Crippen molar-refractivity contribution in [1.82, 2.24) is 15.0 Å². The van der Waals surface area contributed by atoms with E-state index in [1.807, 2.05) is 18.3 Å². The molecule has 2 heterocycles. The summed E-state index contributed by atoms with van der Waals surface area (Å²) in [7, 11) is 1.59. The number of benzene rings is 1. The van der Waals surface area contributed by atoms with Crippen molar-refractivity contribution in [2.75, 3.05) is 12.4 Å². The van der Waals surface area contributed by atoms with Crippen LogP contribution in [-0.4, -0.2) is 22.1 Å². The molecule has 0 unspecified atom stereocenters. The topological polar surface area (TPSA) is 59.9 Å². The number of hydrogen-bond donors (Lipinski definition) is 1. The first-order valence-electron chi connectivity index (χ1n) is 6.95. The summed E-state index contributed by atoms with van der Waals surface area (Å²) < 4.78 is 5.07. The zero-order valence-electron chi connectivity index (χ0n) is 12.2. The van der Waals surface area contributed by atoms with Crippen LogP contribution in [0.25, 0.3) is 11.1 Å². The van der Waals surface area contributed by atoms with E-state index in [9.17, 15) is 0 Å². The van der Waals surface area contributed by atoms with E-state index in [-0.39, 0.29) is 0 Å². The Morgan fingerprint density at radius 1 is 1.00 bits per heavy atom. The lowest BCUT2D eigenvalue weighted by molar-refractivity contribution is 0.397. The summed E-state index contributed by atoms with van der Waals surface area (Å²) in [5.41, 5.74) is 3.41. The second-order valence-electron chi connectivity index (χ2n) is 4.71. The number of nitrogens with one attached hydrogen (secondary N) is 1. The smallest absolute Gasteiger partial charge is 0.226 e. The van der Waals surface area contributed by atoms with Gasteiger partial charge in [0.2, 0.25) is 11.8 Å². The summed E-state index contributed by atoms with van der Waals surface area (Å²) in [5.74, 6) is 1.10. The van der Waals surface area contributed by atoms with E-state index in [2.05, 4.69) is 44.5 Å². The largest absolute Gasteiger partial charge is 0.481 e. The van der Waals surface area contributed by atoms with Crippen LogP contribution < -0.4 is 10.1 Å². The van der Waals surface area contributed by atoms with Crippen molar-refractivity contribution in [3.63, 3.8) is 0 Å². The molecule has 0 saturated heterocycles. The van der Waals surface area contributed by atoms with Gasteiger partial charge in [-0.1, -0.05) is 30.3 Å². The molecule has 0 spiro atoms. The number of anilines is 1. The molecule has 110 valence electrons. The molecule has 0 radical (unpaired) electrons. The molecule has 0 atom stereocenters. The average Bonchev–Trinajstić information content (AvgIpc) is 2.61. The number of rotatable bonds is 5. The predicted molar refractivity (Wildman–Crippen MR) is 85.6 cm³/mol. The SMILES string of the molecule is COc1ccnc(NCc2ccc(-c3cccnc3)cc2)n1. The van der Waals surface area contributed by atoms with Crippen molar-refractivity contribution in [1.29, 1.82) is 0 Å². The normalized spacial score (nSPS) is 10.2. The highest BCUT2D eigenvalue weighted by atomic mass is 16.5. The van der Waals surface area contributed by atoms with Crippen LogP contribution in [0.3, 0.4) is 0 Å². The zero-order chi connectivity index (χ0) is 15.2. The highest BCUT2D eigenvalue weighted by molar-refractivity contribution is 5.62. The van der Waals surface area contributed by atoms with E-state index in [0.717, 1.165) is 16.7 Å². The molecule has 0 amide bonds. The van der Waals surface area contributed by atoms with Crippen LogP contribution in [-0.2, 0) is 6.54 Å². The van der Waals surface area contributed by atoms with Gasteiger partial charge in [0.1, 0.15) is 0 Å². The second-order valence-corrected chi connectivity index (χ2v) is 4.71. The van der Waals surface area contributed by atoms with Crippen LogP contribution in [0.5, 0.6) is 5.88 Å². The first-order valence-corrected chi connectivity index (χ1v) is 6.95. The maximum Gasteiger partial charge on any atom is 0.226 e. The first kappa shape index (κ1) is 14.0. The number of nitrogens with zero attached hydrogens (tertiary/aromatic N) is 3. The minimum Gasteiger partial charge on any atom is -0.481 e. The van der Waals surface area contributed by atoms with Gasteiger partial charge < -0.3 is 10.1 Å². The van der Waals surface area contributed by atoms with Gasteiger partial charge in [-0.2, -0.15) is 4.98 Å².